The van der Waals surface area contributed by atoms with E-state index in [1.54, 1.807) is 24.5 Å². The molecule has 90 valence electrons. The van der Waals surface area contributed by atoms with Crippen molar-refractivity contribution < 1.29 is 14.3 Å². The first-order chi connectivity index (χ1) is 8.17. The molecular weight excluding hydrogens is 220 g/mol. The lowest BCUT2D eigenvalue weighted by molar-refractivity contribution is -0.140. The fourth-order valence-corrected chi connectivity index (χ4v) is 1.42. The first-order valence-electron chi connectivity index (χ1n) is 5.30. The predicted octanol–water partition coefficient (Wildman–Crippen LogP) is 1.61. The van der Waals surface area contributed by atoms with Gasteiger partial charge in [-0.1, -0.05) is 0 Å². The van der Waals surface area contributed by atoms with Crippen molar-refractivity contribution in [3.05, 3.63) is 24.5 Å². The molecule has 5 heteroatoms. The Labute approximate surface area is 99.6 Å². The summed E-state index contributed by atoms with van der Waals surface area (Å²) in [6.45, 7) is 0. The van der Waals surface area contributed by atoms with E-state index in [4.69, 9.17) is 5.26 Å². The number of nitriles is 1. The van der Waals surface area contributed by atoms with Gasteiger partial charge in [0.2, 0.25) is 5.91 Å². The highest BCUT2D eigenvalue weighted by Gasteiger charge is 2.15. The van der Waals surface area contributed by atoms with Crippen LogP contribution in [-0.4, -0.2) is 23.6 Å². The lowest BCUT2D eigenvalue weighted by atomic mass is 10.0. The second kappa shape index (κ2) is 6.48. The Morgan fingerprint density at radius 2 is 2.06 bits per heavy atom. The molecule has 0 aromatic carbocycles. The Balaban J connectivity index is 2.45. The highest BCUT2D eigenvalue weighted by molar-refractivity contribution is 5.79. The standard InChI is InChI=1S/C12H14N2O3/c1-17-12(16)5-4-10(9-13)8-11(15)14-6-2-3-7-14/h2-3,6-7,10H,4-5,8H2,1H3. The maximum absolute atomic E-state index is 11.7. The summed E-state index contributed by atoms with van der Waals surface area (Å²) in [5, 5.41) is 8.89. The number of rotatable bonds is 5. The molecule has 0 amide bonds. The molecule has 5 nitrogen and oxygen atoms in total. The predicted molar refractivity (Wildman–Crippen MR) is 60.0 cm³/mol. The number of carbonyl (C=O) groups excluding carboxylic acids is 2. The van der Waals surface area contributed by atoms with E-state index in [9.17, 15) is 9.59 Å². The third kappa shape index (κ3) is 4.11. The number of hydrogen-bond acceptors (Lipinski definition) is 4. The maximum atomic E-state index is 11.7. The summed E-state index contributed by atoms with van der Waals surface area (Å²) >= 11 is 0. The summed E-state index contributed by atoms with van der Waals surface area (Å²) in [6.07, 6.45) is 3.89. The smallest absolute Gasteiger partial charge is 0.305 e. The molecule has 0 radical (unpaired) electrons. The van der Waals surface area contributed by atoms with Crippen molar-refractivity contribution in [2.75, 3.05) is 7.11 Å². The summed E-state index contributed by atoms with van der Waals surface area (Å²) in [4.78, 5) is 22.6. The fraction of sp³-hybridized carbons (Fsp3) is 0.417. The number of esters is 1. The van der Waals surface area contributed by atoms with Gasteiger partial charge in [-0.15, -0.1) is 0 Å². The largest absolute Gasteiger partial charge is 0.469 e. The second-order valence-corrected chi connectivity index (χ2v) is 3.63. The first kappa shape index (κ1) is 13.0. The summed E-state index contributed by atoms with van der Waals surface area (Å²) < 4.78 is 5.92. The number of aromatic nitrogens is 1. The average molecular weight is 234 g/mol. The molecule has 1 aromatic heterocycles. The van der Waals surface area contributed by atoms with Crippen molar-refractivity contribution in [3.8, 4) is 6.07 Å². The molecule has 0 aliphatic rings. The monoisotopic (exact) mass is 234 g/mol. The van der Waals surface area contributed by atoms with E-state index in [0.717, 1.165) is 0 Å². The van der Waals surface area contributed by atoms with Crippen molar-refractivity contribution in [1.29, 1.82) is 5.26 Å². The van der Waals surface area contributed by atoms with Crippen LogP contribution in [0.25, 0.3) is 0 Å². The highest BCUT2D eigenvalue weighted by atomic mass is 16.5. The van der Waals surface area contributed by atoms with Gasteiger partial charge < -0.3 is 4.74 Å². The van der Waals surface area contributed by atoms with E-state index in [1.165, 1.54) is 11.7 Å². The Hall–Kier alpha value is -2.09. The lowest BCUT2D eigenvalue weighted by Crippen LogP contribution is -2.14. The Bertz CT molecular complexity index is 417. The lowest BCUT2D eigenvalue weighted by Gasteiger charge is -2.07. The molecule has 1 rings (SSSR count). The third-order valence-electron chi connectivity index (χ3n) is 2.42. The van der Waals surface area contributed by atoms with Gasteiger partial charge in [-0.25, -0.2) is 0 Å². The van der Waals surface area contributed by atoms with Gasteiger partial charge in [0.25, 0.3) is 0 Å². The number of methoxy groups -OCH3 is 1. The zero-order valence-electron chi connectivity index (χ0n) is 9.63. The van der Waals surface area contributed by atoms with Crippen LogP contribution >= 0.6 is 0 Å². The second-order valence-electron chi connectivity index (χ2n) is 3.63. The van der Waals surface area contributed by atoms with Gasteiger partial charge in [0.15, 0.2) is 0 Å². The van der Waals surface area contributed by atoms with Crippen LogP contribution in [0.15, 0.2) is 24.5 Å². The van der Waals surface area contributed by atoms with Crippen molar-refractivity contribution in [1.82, 2.24) is 4.57 Å². The van der Waals surface area contributed by atoms with E-state index in [2.05, 4.69) is 4.74 Å². The van der Waals surface area contributed by atoms with Crippen LogP contribution in [0.2, 0.25) is 0 Å². The Morgan fingerprint density at radius 3 is 2.59 bits per heavy atom. The Kier molecular flexibility index (Phi) is 4.95. The van der Waals surface area contributed by atoms with Crippen LogP contribution in [0, 0.1) is 17.2 Å². The number of hydrogen-bond donors (Lipinski definition) is 0. The van der Waals surface area contributed by atoms with Gasteiger partial charge in [0.1, 0.15) is 0 Å². The van der Waals surface area contributed by atoms with Gasteiger partial charge in [0, 0.05) is 25.2 Å². The van der Waals surface area contributed by atoms with Crippen molar-refractivity contribution in [2.45, 2.75) is 19.3 Å². The Morgan fingerprint density at radius 1 is 1.41 bits per heavy atom. The van der Waals surface area contributed by atoms with E-state index >= 15 is 0 Å². The van der Waals surface area contributed by atoms with Crippen LogP contribution in [-0.2, 0) is 9.53 Å². The van der Waals surface area contributed by atoms with E-state index in [0.29, 0.717) is 6.42 Å². The van der Waals surface area contributed by atoms with Crippen molar-refractivity contribution in [3.63, 3.8) is 0 Å². The number of carbonyl (C=O) groups is 2. The minimum absolute atomic E-state index is 0.113. The minimum Gasteiger partial charge on any atom is -0.469 e. The molecule has 0 spiro atoms. The molecule has 0 bridgehead atoms. The van der Waals surface area contributed by atoms with Crippen LogP contribution in [0.3, 0.4) is 0 Å². The minimum atomic E-state index is -0.455. The molecule has 0 aliphatic carbocycles. The van der Waals surface area contributed by atoms with Crippen LogP contribution in [0.1, 0.15) is 24.1 Å². The van der Waals surface area contributed by atoms with E-state index in [1.807, 2.05) is 6.07 Å². The van der Waals surface area contributed by atoms with Crippen LogP contribution in [0.5, 0.6) is 0 Å². The SMILES string of the molecule is COC(=O)CCC(C#N)CC(=O)n1cccc1. The average Bonchev–Trinajstić information content (AvgIpc) is 2.87. The van der Waals surface area contributed by atoms with Gasteiger partial charge in [0.05, 0.1) is 19.1 Å². The molecule has 0 saturated carbocycles. The van der Waals surface area contributed by atoms with Crippen molar-refractivity contribution in [2.24, 2.45) is 5.92 Å². The first-order valence-corrected chi connectivity index (χ1v) is 5.30. The summed E-state index contributed by atoms with van der Waals surface area (Å²) in [5.41, 5.74) is 0. The summed E-state index contributed by atoms with van der Waals surface area (Å²) in [7, 11) is 1.30. The topological polar surface area (TPSA) is 72.1 Å². The quantitative estimate of drug-likeness (QED) is 0.725. The van der Waals surface area contributed by atoms with Crippen LogP contribution < -0.4 is 0 Å². The van der Waals surface area contributed by atoms with Gasteiger partial charge >= 0.3 is 5.97 Å². The highest BCUT2D eigenvalue weighted by Crippen LogP contribution is 2.12. The molecule has 1 heterocycles. The van der Waals surface area contributed by atoms with Crippen molar-refractivity contribution >= 4 is 11.9 Å². The maximum Gasteiger partial charge on any atom is 0.305 e. The normalized spacial score (nSPS) is 11.5. The molecule has 1 atom stereocenters. The van der Waals surface area contributed by atoms with E-state index in [-0.39, 0.29) is 24.7 Å². The van der Waals surface area contributed by atoms with E-state index < -0.39 is 5.92 Å². The van der Waals surface area contributed by atoms with Gasteiger partial charge in [-0.2, -0.15) is 5.26 Å². The molecular formula is C12H14N2O3. The molecule has 0 saturated heterocycles. The molecule has 1 unspecified atom stereocenters. The zero-order chi connectivity index (χ0) is 12.7. The van der Waals surface area contributed by atoms with Gasteiger partial charge in [-0.3, -0.25) is 14.2 Å². The summed E-state index contributed by atoms with van der Waals surface area (Å²) in [5.74, 6) is -0.964. The molecule has 0 N–H and O–H groups in total. The molecule has 17 heavy (non-hydrogen) atoms. The summed E-state index contributed by atoms with van der Waals surface area (Å²) in [6, 6.07) is 5.52. The molecule has 1 aromatic rings. The van der Waals surface area contributed by atoms with Crippen LogP contribution in [0.4, 0.5) is 0 Å². The fourth-order valence-electron chi connectivity index (χ4n) is 1.42. The number of ether oxygens (including phenoxy) is 1. The third-order valence-corrected chi connectivity index (χ3v) is 2.42. The number of nitrogens with zero attached hydrogens (tertiary/aromatic N) is 2. The van der Waals surface area contributed by atoms with Gasteiger partial charge in [-0.05, 0) is 18.6 Å². The molecule has 0 fully saturated rings. The zero-order valence-corrected chi connectivity index (χ0v) is 9.63. The molecule has 0 aliphatic heterocycles.